The molecule has 0 saturated heterocycles. The average Bonchev–Trinajstić information content (AvgIpc) is 3.06. The summed E-state index contributed by atoms with van der Waals surface area (Å²) < 4.78 is 38.5. The molecule has 1 amide bonds. The van der Waals surface area contributed by atoms with Crippen LogP contribution in [-0.4, -0.2) is 21.1 Å². The summed E-state index contributed by atoms with van der Waals surface area (Å²) in [4.78, 5) is 16.1. The number of alkyl halides is 3. The minimum Gasteiger partial charge on any atom is -0.305 e. The second kappa shape index (κ2) is 6.76. The number of nitrogens with one attached hydrogen (secondary N) is 2. The number of carbonyl (C=O) groups is 1. The molecule has 0 unspecified atom stereocenters. The number of halogens is 3. The topological polar surface area (TPSA) is 70.7 Å². The monoisotopic (exact) mass is 346 g/mol. The second-order valence-corrected chi connectivity index (χ2v) is 5.32. The van der Waals surface area contributed by atoms with Gasteiger partial charge in [-0.3, -0.25) is 9.89 Å². The third kappa shape index (κ3) is 4.03. The Morgan fingerprint density at radius 2 is 1.88 bits per heavy atom. The summed E-state index contributed by atoms with van der Waals surface area (Å²) in [6.07, 6.45) is -1.98. The molecule has 2 N–H and O–H groups in total. The van der Waals surface area contributed by atoms with Crippen molar-refractivity contribution in [2.45, 2.75) is 12.6 Å². The molecule has 2 heterocycles. The van der Waals surface area contributed by atoms with Gasteiger partial charge < -0.3 is 5.32 Å². The lowest BCUT2D eigenvalue weighted by atomic mass is 10.1. The van der Waals surface area contributed by atoms with Gasteiger partial charge >= 0.3 is 6.18 Å². The van der Waals surface area contributed by atoms with Crippen LogP contribution in [0.1, 0.15) is 27.2 Å². The van der Waals surface area contributed by atoms with Crippen LogP contribution in [0.4, 0.5) is 19.0 Å². The lowest BCUT2D eigenvalue weighted by molar-refractivity contribution is -0.137. The Hall–Kier alpha value is -3.16. The summed E-state index contributed by atoms with van der Waals surface area (Å²) in [6.45, 7) is 0. The molecule has 0 atom stereocenters. The molecule has 0 bridgehead atoms. The lowest BCUT2D eigenvalue weighted by Crippen LogP contribution is -2.18. The van der Waals surface area contributed by atoms with Crippen LogP contribution in [0.25, 0.3) is 0 Å². The zero-order valence-electron chi connectivity index (χ0n) is 12.8. The average molecular weight is 346 g/mol. The first-order valence-electron chi connectivity index (χ1n) is 7.34. The Morgan fingerprint density at radius 1 is 1.12 bits per heavy atom. The molecule has 2 aromatic heterocycles. The molecule has 0 aliphatic heterocycles. The molecular weight excluding hydrogens is 333 g/mol. The van der Waals surface area contributed by atoms with Crippen molar-refractivity contribution in [1.29, 1.82) is 0 Å². The summed E-state index contributed by atoms with van der Waals surface area (Å²) in [6, 6.07) is 13.0. The van der Waals surface area contributed by atoms with Crippen LogP contribution in [0.5, 0.6) is 0 Å². The summed E-state index contributed by atoms with van der Waals surface area (Å²) >= 11 is 0. The minimum absolute atomic E-state index is 0.168. The van der Waals surface area contributed by atoms with Gasteiger partial charge in [-0.1, -0.05) is 30.3 Å². The van der Waals surface area contributed by atoms with Crippen LogP contribution in [-0.2, 0) is 12.6 Å². The van der Waals surface area contributed by atoms with Crippen molar-refractivity contribution in [3.8, 4) is 0 Å². The first-order valence-corrected chi connectivity index (χ1v) is 7.34. The molecule has 1 aromatic carbocycles. The van der Waals surface area contributed by atoms with Crippen LogP contribution in [0.3, 0.4) is 0 Å². The maximum atomic E-state index is 12.8. The van der Waals surface area contributed by atoms with Crippen molar-refractivity contribution >= 4 is 11.7 Å². The van der Waals surface area contributed by atoms with Gasteiger partial charge in [0.1, 0.15) is 17.1 Å². The number of carbonyl (C=O) groups excluding carboxylic acids is 1. The second-order valence-electron chi connectivity index (χ2n) is 5.32. The van der Waals surface area contributed by atoms with Crippen LogP contribution >= 0.6 is 0 Å². The quantitative estimate of drug-likeness (QED) is 0.757. The largest absolute Gasteiger partial charge is 0.420 e. The van der Waals surface area contributed by atoms with Gasteiger partial charge in [-0.05, 0) is 29.7 Å². The zero-order chi connectivity index (χ0) is 17.9. The Labute approximate surface area is 140 Å². The van der Waals surface area contributed by atoms with E-state index < -0.39 is 23.3 Å². The van der Waals surface area contributed by atoms with Gasteiger partial charge in [0.05, 0.1) is 6.20 Å². The molecule has 0 aliphatic rings. The van der Waals surface area contributed by atoms with Crippen LogP contribution < -0.4 is 5.32 Å². The van der Waals surface area contributed by atoms with Crippen molar-refractivity contribution in [1.82, 2.24) is 15.2 Å². The molecule has 0 spiro atoms. The summed E-state index contributed by atoms with van der Waals surface area (Å²) in [5, 5.41) is 7.74. The van der Waals surface area contributed by atoms with Crippen LogP contribution in [0.15, 0.2) is 54.9 Å². The van der Waals surface area contributed by atoms with Crippen molar-refractivity contribution in [3.05, 3.63) is 77.2 Å². The summed E-state index contributed by atoms with van der Waals surface area (Å²) in [7, 11) is 0. The highest BCUT2D eigenvalue weighted by Gasteiger charge is 2.37. The van der Waals surface area contributed by atoms with E-state index in [1.165, 1.54) is 6.20 Å². The Balaban J connectivity index is 1.76. The summed E-state index contributed by atoms with van der Waals surface area (Å²) in [5.74, 6) is -0.782. The van der Waals surface area contributed by atoms with Gasteiger partial charge in [-0.25, -0.2) is 4.98 Å². The highest BCUT2D eigenvalue weighted by Crippen LogP contribution is 2.31. The number of rotatable bonds is 4. The van der Waals surface area contributed by atoms with Gasteiger partial charge in [0.15, 0.2) is 0 Å². The van der Waals surface area contributed by atoms with Gasteiger partial charge in [-0.2, -0.15) is 18.3 Å². The number of aromatic amines is 1. The minimum atomic E-state index is -4.66. The summed E-state index contributed by atoms with van der Waals surface area (Å²) in [5.41, 5.74) is 0.171. The van der Waals surface area contributed by atoms with Gasteiger partial charge in [-0.15, -0.1) is 0 Å². The molecular formula is C17H13F3N4O. The highest BCUT2D eigenvalue weighted by molar-refractivity contribution is 6.03. The highest BCUT2D eigenvalue weighted by atomic mass is 19.4. The molecule has 8 heteroatoms. The number of hydrogen-bond donors (Lipinski definition) is 2. The molecule has 0 radical (unpaired) electrons. The zero-order valence-corrected chi connectivity index (χ0v) is 12.8. The number of H-pyrrole nitrogens is 1. The van der Waals surface area contributed by atoms with E-state index in [1.807, 2.05) is 30.3 Å². The fraction of sp³-hybridized carbons (Fsp3) is 0.118. The fourth-order valence-corrected chi connectivity index (χ4v) is 2.34. The molecule has 0 saturated carbocycles. The number of nitrogens with zero attached hydrogens (tertiary/aromatic N) is 2. The fourth-order valence-electron chi connectivity index (χ4n) is 2.34. The first kappa shape index (κ1) is 16.7. The van der Waals surface area contributed by atoms with E-state index in [4.69, 9.17) is 0 Å². The van der Waals surface area contributed by atoms with Crippen molar-refractivity contribution in [3.63, 3.8) is 0 Å². The molecule has 3 rings (SSSR count). The van der Waals surface area contributed by atoms with Crippen LogP contribution in [0.2, 0.25) is 0 Å². The van der Waals surface area contributed by atoms with Crippen LogP contribution in [0, 0.1) is 0 Å². The first-order chi connectivity index (χ1) is 11.9. The number of hydrogen-bond acceptors (Lipinski definition) is 3. The standard InChI is InChI=1S/C17H13F3N4O/c18-17(19,20)13-10-22-24-15(13)16(25)23-14-9-12(6-7-21-14)8-11-4-2-1-3-5-11/h1-7,9-10H,8H2,(H,22,24)(H,21,23,25). The molecule has 3 aromatic rings. The van der Waals surface area contributed by atoms with E-state index in [9.17, 15) is 18.0 Å². The van der Waals surface area contributed by atoms with E-state index in [0.29, 0.717) is 12.6 Å². The third-order valence-electron chi connectivity index (χ3n) is 3.49. The molecule has 0 aliphatic carbocycles. The third-order valence-corrected chi connectivity index (χ3v) is 3.49. The number of benzene rings is 1. The normalized spacial score (nSPS) is 11.3. The smallest absolute Gasteiger partial charge is 0.305 e. The van der Waals surface area contributed by atoms with Gasteiger partial charge in [0.2, 0.25) is 0 Å². The van der Waals surface area contributed by atoms with E-state index in [-0.39, 0.29) is 5.82 Å². The Bertz CT molecular complexity index is 875. The Morgan fingerprint density at radius 3 is 2.60 bits per heavy atom. The van der Waals surface area contributed by atoms with E-state index in [0.717, 1.165) is 11.1 Å². The molecule has 0 fully saturated rings. The van der Waals surface area contributed by atoms with E-state index >= 15 is 0 Å². The number of amides is 1. The predicted octanol–water partition coefficient (Wildman–Crippen LogP) is 3.67. The van der Waals surface area contributed by atoms with E-state index in [1.54, 1.807) is 12.1 Å². The van der Waals surface area contributed by atoms with Crippen molar-refractivity contribution in [2.75, 3.05) is 5.32 Å². The maximum absolute atomic E-state index is 12.8. The lowest BCUT2D eigenvalue weighted by Gasteiger charge is -2.08. The molecule has 5 nitrogen and oxygen atoms in total. The molecule has 128 valence electrons. The van der Waals surface area contributed by atoms with Gasteiger partial charge in [0.25, 0.3) is 5.91 Å². The maximum Gasteiger partial charge on any atom is 0.420 e. The van der Waals surface area contributed by atoms with Gasteiger partial charge in [0, 0.05) is 6.20 Å². The number of aromatic nitrogens is 3. The van der Waals surface area contributed by atoms with E-state index in [2.05, 4.69) is 20.5 Å². The number of pyridine rings is 1. The number of anilines is 1. The SMILES string of the molecule is O=C(Nc1cc(Cc2ccccc2)ccn1)c1[nH]ncc1C(F)(F)F. The molecule has 25 heavy (non-hydrogen) atoms. The van der Waals surface area contributed by atoms with Crippen molar-refractivity contribution < 1.29 is 18.0 Å². The Kier molecular flexibility index (Phi) is 4.51. The predicted molar refractivity (Wildman–Crippen MR) is 85.0 cm³/mol. The van der Waals surface area contributed by atoms with Crippen molar-refractivity contribution in [2.24, 2.45) is 0 Å².